The fourth-order valence-corrected chi connectivity index (χ4v) is 2.98. The van der Waals surface area contributed by atoms with E-state index in [9.17, 15) is 22.3 Å². The van der Waals surface area contributed by atoms with Gasteiger partial charge in [0.1, 0.15) is 11.6 Å². The first-order valence-corrected chi connectivity index (χ1v) is 7.23. The van der Waals surface area contributed by atoms with Crippen molar-refractivity contribution >= 4 is 10.0 Å². The Morgan fingerprint density at radius 2 is 1.74 bits per heavy atom. The topological polar surface area (TPSA) is 57.6 Å². The number of nitrogens with zero attached hydrogens (tertiary/aromatic N) is 1. The third-order valence-corrected chi connectivity index (χ3v) is 4.21. The van der Waals surface area contributed by atoms with Crippen molar-refractivity contribution in [2.45, 2.75) is 25.2 Å². The summed E-state index contributed by atoms with van der Waals surface area (Å²) in [5.74, 6) is -2.58. The minimum atomic E-state index is -3.90. The van der Waals surface area contributed by atoms with Gasteiger partial charge in [-0.15, -0.1) is 0 Å². The molecule has 0 saturated heterocycles. The first-order chi connectivity index (χ1) is 8.53. The molecular formula is C12H17F2NO3S. The number of rotatable bonds is 5. The van der Waals surface area contributed by atoms with E-state index in [-0.39, 0.29) is 6.54 Å². The van der Waals surface area contributed by atoms with Crippen molar-refractivity contribution in [1.29, 1.82) is 0 Å². The molecule has 19 heavy (non-hydrogen) atoms. The van der Waals surface area contributed by atoms with Crippen LogP contribution in [-0.4, -0.2) is 37.0 Å². The Bertz CT molecular complexity index is 532. The third kappa shape index (κ3) is 4.52. The van der Waals surface area contributed by atoms with Gasteiger partial charge in [0.05, 0.1) is 11.4 Å². The molecule has 1 aromatic rings. The second-order valence-corrected chi connectivity index (χ2v) is 7.10. The van der Waals surface area contributed by atoms with Gasteiger partial charge in [-0.05, 0) is 26.0 Å². The largest absolute Gasteiger partial charge is 0.389 e. The number of hydrogen-bond donors (Lipinski definition) is 1. The monoisotopic (exact) mass is 293 g/mol. The van der Waals surface area contributed by atoms with Crippen LogP contribution in [0.4, 0.5) is 8.78 Å². The van der Waals surface area contributed by atoms with E-state index in [1.54, 1.807) is 0 Å². The summed E-state index contributed by atoms with van der Waals surface area (Å²) in [5, 5.41) is 9.57. The summed E-state index contributed by atoms with van der Waals surface area (Å²) in [7, 11) is -2.64. The molecule has 108 valence electrons. The Kier molecular flexibility index (Phi) is 4.65. The van der Waals surface area contributed by atoms with Gasteiger partial charge in [0.25, 0.3) is 0 Å². The van der Waals surface area contributed by atoms with Gasteiger partial charge < -0.3 is 5.11 Å². The van der Waals surface area contributed by atoms with E-state index in [4.69, 9.17) is 0 Å². The molecule has 0 heterocycles. The van der Waals surface area contributed by atoms with Crippen LogP contribution in [0.1, 0.15) is 19.4 Å². The molecule has 0 fully saturated rings. The van der Waals surface area contributed by atoms with Crippen LogP contribution >= 0.6 is 0 Å². The zero-order chi connectivity index (χ0) is 14.8. The molecule has 0 aliphatic rings. The maximum Gasteiger partial charge on any atom is 0.218 e. The van der Waals surface area contributed by atoms with Gasteiger partial charge in [-0.1, -0.05) is 6.07 Å². The average molecular weight is 293 g/mol. The smallest absolute Gasteiger partial charge is 0.218 e. The van der Waals surface area contributed by atoms with Gasteiger partial charge >= 0.3 is 0 Å². The number of hydrogen-bond acceptors (Lipinski definition) is 3. The molecular weight excluding hydrogens is 276 g/mol. The molecule has 0 bridgehead atoms. The van der Waals surface area contributed by atoms with E-state index in [0.717, 1.165) is 16.4 Å². The zero-order valence-electron chi connectivity index (χ0n) is 11.0. The molecule has 1 N–H and O–H groups in total. The minimum absolute atomic E-state index is 0.161. The Morgan fingerprint density at radius 3 is 2.16 bits per heavy atom. The highest BCUT2D eigenvalue weighted by molar-refractivity contribution is 7.88. The van der Waals surface area contributed by atoms with Crippen LogP contribution in [0, 0.1) is 11.6 Å². The number of halogens is 2. The molecule has 7 heteroatoms. The fraction of sp³-hybridized carbons (Fsp3) is 0.500. The third-order valence-electron chi connectivity index (χ3n) is 2.47. The zero-order valence-corrected chi connectivity index (χ0v) is 11.8. The second kappa shape index (κ2) is 5.52. The van der Waals surface area contributed by atoms with Crippen molar-refractivity contribution in [2.75, 3.05) is 13.6 Å². The lowest BCUT2D eigenvalue weighted by Gasteiger charge is -2.25. The molecule has 0 unspecified atom stereocenters. The highest BCUT2D eigenvalue weighted by Gasteiger charge is 2.27. The van der Waals surface area contributed by atoms with Crippen molar-refractivity contribution < 1.29 is 22.3 Å². The lowest BCUT2D eigenvalue weighted by atomic mass is 10.1. The van der Waals surface area contributed by atoms with Crippen LogP contribution < -0.4 is 0 Å². The summed E-state index contributed by atoms with van der Waals surface area (Å²) < 4.78 is 51.6. The molecule has 0 atom stereocenters. The maximum atomic E-state index is 13.4. The van der Waals surface area contributed by atoms with Crippen LogP contribution in [0.2, 0.25) is 0 Å². The summed E-state index contributed by atoms with van der Waals surface area (Å²) in [6.07, 6.45) is 0. The quantitative estimate of drug-likeness (QED) is 0.895. The van der Waals surface area contributed by atoms with E-state index < -0.39 is 38.6 Å². The van der Waals surface area contributed by atoms with Gasteiger partial charge in [0.2, 0.25) is 10.0 Å². The highest BCUT2D eigenvalue weighted by atomic mass is 32.2. The van der Waals surface area contributed by atoms with Crippen molar-refractivity contribution in [3.63, 3.8) is 0 Å². The van der Waals surface area contributed by atoms with Crippen LogP contribution in [0.3, 0.4) is 0 Å². The Morgan fingerprint density at radius 1 is 1.26 bits per heavy atom. The lowest BCUT2D eigenvalue weighted by molar-refractivity contribution is 0.0639. The summed E-state index contributed by atoms with van der Waals surface area (Å²) >= 11 is 0. The van der Waals surface area contributed by atoms with Crippen LogP contribution in [-0.2, 0) is 15.8 Å². The van der Waals surface area contributed by atoms with E-state index in [0.29, 0.717) is 0 Å². The lowest BCUT2D eigenvalue weighted by Crippen LogP contribution is -2.40. The molecule has 0 aliphatic carbocycles. The maximum absolute atomic E-state index is 13.4. The predicted molar refractivity (Wildman–Crippen MR) is 67.9 cm³/mol. The number of likely N-dealkylation sites (N-methyl/N-ethyl adjacent to an activating group) is 1. The van der Waals surface area contributed by atoms with Crippen molar-refractivity contribution in [2.24, 2.45) is 0 Å². The first-order valence-electron chi connectivity index (χ1n) is 5.62. The number of sulfonamides is 1. The molecule has 4 nitrogen and oxygen atoms in total. The second-order valence-electron chi connectivity index (χ2n) is 5.02. The standard InChI is InChI=1S/C12H17F2NO3S/c1-12(2,16)8-15(3)19(17,18)7-9-10(13)5-4-6-11(9)14/h4-6,16H,7-8H2,1-3H3. The van der Waals surface area contributed by atoms with Crippen molar-refractivity contribution in [3.8, 4) is 0 Å². The van der Waals surface area contributed by atoms with Gasteiger partial charge in [0.15, 0.2) is 0 Å². The number of aliphatic hydroxyl groups is 1. The van der Waals surface area contributed by atoms with Gasteiger partial charge in [0, 0.05) is 19.2 Å². The molecule has 0 saturated carbocycles. The molecule has 1 rings (SSSR count). The molecule has 0 spiro atoms. The van der Waals surface area contributed by atoms with Crippen LogP contribution in [0.5, 0.6) is 0 Å². The molecule has 0 aliphatic heterocycles. The van der Waals surface area contributed by atoms with Crippen LogP contribution in [0.15, 0.2) is 18.2 Å². The molecule has 0 radical (unpaired) electrons. The van der Waals surface area contributed by atoms with Gasteiger partial charge in [-0.3, -0.25) is 0 Å². The molecule has 1 aromatic carbocycles. The Labute approximate surface area is 111 Å². The summed E-state index contributed by atoms with van der Waals surface area (Å²) in [6.45, 7) is 2.73. The summed E-state index contributed by atoms with van der Waals surface area (Å²) in [5.41, 5.74) is -1.72. The Hall–Kier alpha value is -1.05. The minimum Gasteiger partial charge on any atom is -0.389 e. The fourth-order valence-electron chi connectivity index (χ4n) is 1.61. The highest BCUT2D eigenvalue weighted by Crippen LogP contribution is 2.18. The van der Waals surface area contributed by atoms with Crippen molar-refractivity contribution in [1.82, 2.24) is 4.31 Å². The van der Waals surface area contributed by atoms with E-state index in [2.05, 4.69) is 0 Å². The van der Waals surface area contributed by atoms with Gasteiger partial charge in [-0.2, -0.15) is 0 Å². The summed E-state index contributed by atoms with van der Waals surface area (Å²) in [6, 6.07) is 3.18. The normalized spacial score (nSPS) is 13.0. The van der Waals surface area contributed by atoms with Crippen molar-refractivity contribution in [3.05, 3.63) is 35.4 Å². The van der Waals surface area contributed by atoms with Crippen LogP contribution in [0.25, 0.3) is 0 Å². The number of benzene rings is 1. The Balaban J connectivity index is 2.97. The predicted octanol–water partition coefficient (Wildman–Crippen LogP) is 1.50. The first kappa shape index (κ1) is 16.0. The molecule has 0 amide bonds. The van der Waals surface area contributed by atoms with Gasteiger partial charge in [-0.25, -0.2) is 21.5 Å². The average Bonchev–Trinajstić information content (AvgIpc) is 2.21. The summed E-state index contributed by atoms with van der Waals surface area (Å²) in [4.78, 5) is 0. The van der Waals surface area contributed by atoms with E-state index in [1.807, 2.05) is 0 Å². The van der Waals surface area contributed by atoms with E-state index >= 15 is 0 Å². The SMILES string of the molecule is CN(CC(C)(C)O)S(=O)(=O)Cc1c(F)cccc1F. The molecule has 0 aromatic heterocycles. The van der Waals surface area contributed by atoms with E-state index in [1.165, 1.54) is 27.0 Å².